The van der Waals surface area contributed by atoms with Gasteiger partial charge in [0.25, 0.3) is 0 Å². The summed E-state index contributed by atoms with van der Waals surface area (Å²) in [4.78, 5) is 10.9. The van der Waals surface area contributed by atoms with Crippen LogP contribution in [0.2, 0.25) is 0 Å². The van der Waals surface area contributed by atoms with E-state index in [1.54, 1.807) is 12.1 Å². The Bertz CT molecular complexity index is 376. The van der Waals surface area contributed by atoms with Gasteiger partial charge in [0.1, 0.15) is 9.24 Å². The van der Waals surface area contributed by atoms with Crippen molar-refractivity contribution in [2.75, 3.05) is 0 Å². The second kappa shape index (κ2) is 3.18. The summed E-state index contributed by atoms with van der Waals surface area (Å²) in [5.41, 5.74) is 0.906. The Morgan fingerprint density at radius 1 is 1.50 bits per heavy atom. The van der Waals surface area contributed by atoms with Crippen LogP contribution < -0.4 is 0 Å². The molecule has 0 heterocycles. The van der Waals surface area contributed by atoms with E-state index in [2.05, 4.69) is 0 Å². The van der Waals surface area contributed by atoms with Crippen molar-refractivity contribution in [1.29, 1.82) is 0 Å². The first kappa shape index (κ1) is 9.89. The van der Waals surface area contributed by atoms with E-state index in [4.69, 9.17) is 5.11 Å². The van der Waals surface area contributed by atoms with E-state index >= 15 is 0 Å². The van der Waals surface area contributed by atoms with E-state index in [1.165, 1.54) is 12.1 Å². The predicted octanol–water partition coefficient (Wildman–Crippen LogP) is 2.57. The Kier molecular flexibility index (Phi) is 2.25. The summed E-state index contributed by atoms with van der Waals surface area (Å²) in [7, 11) is 0. The normalized spacial score (nSPS) is 30.0. The average Bonchev–Trinajstić information content (AvgIpc) is 2.81. The molecule has 74 valence electrons. The van der Waals surface area contributed by atoms with Crippen molar-refractivity contribution in [3.05, 3.63) is 35.6 Å². The lowest BCUT2D eigenvalue weighted by Crippen LogP contribution is -2.15. The van der Waals surface area contributed by atoms with E-state index < -0.39 is 9.39 Å². The minimum absolute atomic E-state index is 0.0289. The smallest absolute Gasteiger partial charge is 0.320 e. The van der Waals surface area contributed by atoms with Gasteiger partial charge in [0, 0.05) is 5.92 Å². The molecule has 0 aliphatic heterocycles. The minimum Gasteiger partial charge on any atom is -0.480 e. The first-order valence-electron chi connectivity index (χ1n) is 4.22. The summed E-state index contributed by atoms with van der Waals surface area (Å²) in [6, 6.07) is 6.05. The number of carboxylic acid groups (broad SMARTS) is 1. The number of carbonyl (C=O) groups is 1. The third kappa shape index (κ3) is 1.51. The van der Waals surface area contributed by atoms with Gasteiger partial charge in [0.05, 0.1) is 0 Å². The van der Waals surface area contributed by atoms with Crippen LogP contribution in [0.4, 0.5) is 4.39 Å². The summed E-state index contributed by atoms with van der Waals surface area (Å²) in [6.45, 7) is 0. The fourth-order valence-electron chi connectivity index (χ4n) is 1.55. The van der Waals surface area contributed by atoms with E-state index in [0.717, 1.165) is 5.56 Å². The van der Waals surface area contributed by atoms with Gasteiger partial charge >= 0.3 is 5.97 Å². The summed E-state index contributed by atoms with van der Waals surface area (Å²) in [5.74, 6) is -1.04. The van der Waals surface area contributed by atoms with Gasteiger partial charge in [-0.3, -0.25) is 4.79 Å². The van der Waals surface area contributed by atoms with Crippen molar-refractivity contribution in [1.82, 2.24) is 0 Å². The number of aliphatic carboxylic acids is 1. The van der Waals surface area contributed by atoms with Crippen molar-refractivity contribution in [3.63, 3.8) is 0 Å². The summed E-state index contributed by atoms with van der Waals surface area (Å²) >= 11 is 1.96. The number of hydrogen-bond acceptors (Lipinski definition) is 1. The fourth-order valence-corrected chi connectivity index (χ4v) is 2.35. The lowest BCUT2D eigenvalue weighted by Gasteiger charge is -2.03. The van der Waals surface area contributed by atoms with Crippen molar-refractivity contribution in [3.8, 4) is 0 Å². The topological polar surface area (TPSA) is 37.3 Å². The lowest BCUT2D eigenvalue weighted by molar-refractivity contribution is -0.136. The zero-order valence-corrected chi connectivity index (χ0v) is 9.36. The molecule has 1 N–H and O–H groups in total. The Morgan fingerprint density at radius 3 is 2.50 bits per heavy atom. The van der Waals surface area contributed by atoms with E-state index in [9.17, 15) is 9.18 Å². The largest absolute Gasteiger partial charge is 0.480 e. The van der Waals surface area contributed by atoms with Gasteiger partial charge in [-0.05, 0) is 24.1 Å². The second-order valence-electron chi connectivity index (χ2n) is 3.48. The van der Waals surface area contributed by atoms with E-state index in [-0.39, 0.29) is 11.7 Å². The third-order valence-electron chi connectivity index (χ3n) is 2.52. The fraction of sp³-hybridized carbons (Fsp3) is 0.300. The average molecular weight is 306 g/mol. The molecule has 0 saturated heterocycles. The number of alkyl halides is 1. The van der Waals surface area contributed by atoms with Gasteiger partial charge in [0.2, 0.25) is 0 Å². The van der Waals surface area contributed by atoms with Gasteiger partial charge in [-0.1, -0.05) is 34.7 Å². The number of halogens is 2. The van der Waals surface area contributed by atoms with E-state index in [0.29, 0.717) is 6.42 Å². The molecule has 2 atom stereocenters. The Hall–Kier alpha value is -0.650. The Balaban J connectivity index is 2.21. The molecule has 1 aromatic carbocycles. The maximum Gasteiger partial charge on any atom is 0.320 e. The molecular formula is C10H8FIO2. The quantitative estimate of drug-likeness (QED) is 0.673. The van der Waals surface area contributed by atoms with Gasteiger partial charge < -0.3 is 5.11 Å². The van der Waals surface area contributed by atoms with Crippen LogP contribution in [-0.4, -0.2) is 14.5 Å². The summed E-state index contributed by atoms with van der Waals surface area (Å²) in [6.07, 6.45) is 0.633. The van der Waals surface area contributed by atoms with Crippen molar-refractivity contribution in [2.45, 2.75) is 15.8 Å². The second-order valence-corrected chi connectivity index (χ2v) is 5.40. The van der Waals surface area contributed by atoms with Crippen LogP contribution in [0.15, 0.2) is 24.3 Å². The zero-order chi connectivity index (χ0) is 10.3. The SMILES string of the molecule is O=C(O)C1(I)CC1c1ccc(F)cc1. The standard InChI is InChI=1S/C10H8FIO2/c11-7-3-1-6(2-4-7)8-5-10(8,12)9(13)14/h1-4,8H,5H2,(H,13,14). The number of hydrogen-bond donors (Lipinski definition) is 1. The molecule has 1 fully saturated rings. The Labute approximate surface area is 94.3 Å². The minimum atomic E-state index is -0.785. The lowest BCUT2D eigenvalue weighted by atomic mass is 10.1. The molecule has 1 aromatic rings. The molecule has 0 spiro atoms. The molecule has 14 heavy (non-hydrogen) atoms. The van der Waals surface area contributed by atoms with Gasteiger partial charge in [0.15, 0.2) is 0 Å². The summed E-state index contributed by atoms with van der Waals surface area (Å²) < 4.78 is 11.9. The van der Waals surface area contributed by atoms with Crippen LogP contribution in [0.3, 0.4) is 0 Å². The van der Waals surface area contributed by atoms with Crippen LogP contribution in [-0.2, 0) is 4.79 Å². The Morgan fingerprint density at radius 2 is 2.07 bits per heavy atom. The molecule has 0 aromatic heterocycles. The highest BCUT2D eigenvalue weighted by molar-refractivity contribution is 14.1. The third-order valence-corrected chi connectivity index (χ3v) is 4.17. The maximum atomic E-state index is 12.6. The highest BCUT2D eigenvalue weighted by atomic mass is 127. The van der Waals surface area contributed by atoms with Crippen LogP contribution in [0.1, 0.15) is 17.9 Å². The molecule has 1 aliphatic rings. The van der Waals surface area contributed by atoms with Gasteiger partial charge in [-0.25, -0.2) is 4.39 Å². The number of benzene rings is 1. The maximum absolute atomic E-state index is 12.6. The molecule has 1 saturated carbocycles. The van der Waals surface area contributed by atoms with Crippen molar-refractivity contribution >= 4 is 28.6 Å². The van der Waals surface area contributed by atoms with Gasteiger partial charge in [-0.2, -0.15) is 0 Å². The van der Waals surface area contributed by atoms with E-state index in [1.807, 2.05) is 22.6 Å². The molecule has 4 heteroatoms. The van der Waals surface area contributed by atoms with Gasteiger partial charge in [-0.15, -0.1) is 0 Å². The molecule has 2 nitrogen and oxygen atoms in total. The number of rotatable bonds is 2. The van der Waals surface area contributed by atoms with Crippen molar-refractivity contribution < 1.29 is 14.3 Å². The highest BCUT2D eigenvalue weighted by Crippen LogP contribution is 2.58. The van der Waals surface area contributed by atoms with Crippen LogP contribution in [0, 0.1) is 5.82 Å². The molecule has 2 rings (SSSR count). The highest BCUT2D eigenvalue weighted by Gasteiger charge is 2.59. The molecule has 0 amide bonds. The van der Waals surface area contributed by atoms with Crippen LogP contribution in [0.5, 0.6) is 0 Å². The molecule has 0 radical (unpaired) electrons. The van der Waals surface area contributed by atoms with Crippen molar-refractivity contribution in [2.24, 2.45) is 0 Å². The predicted molar refractivity (Wildman–Crippen MR) is 58.1 cm³/mol. The first-order valence-corrected chi connectivity index (χ1v) is 5.29. The molecular weight excluding hydrogens is 298 g/mol. The van der Waals surface area contributed by atoms with Crippen LogP contribution in [0.25, 0.3) is 0 Å². The zero-order valence-electron chi connectivity index (χ0n) is 7.21. The van der Waals surface area contributed by atoms with Crippen LogP contribution >= 0.6 is 22.6 Å². The molecule has 2 unspecified atom stereocenters. The monoisotopic (exact) mass is 306 g/mol. The first-order chi connectivity index (χ1) is 6.54. The summed E-state index contributed by atoms with van der Waals surface area (Å²) in [5, 5.41) is 8.92. The number of carboxylic acids is 1. The molecule has 1 aliphatic carbocycles. The molecule has 0 bridgehead atoms.